The Hall–Kier alpha value is -3.12. The molecule has 0 radical (unpaired) electrons. The molecule has 152 valence electrons. The Kier molecular flexibility index (Phi) is 6.34. The summed E-state index contributed by atoms with van der Waals surface area (Å²) in [6.07, 6.45) is 0.592. The molecule has 0 spiro atoms. The Morgan fingerprint density at radius 2 is 1.83 bits per heavy atom. The first kappa shape index (κ1) is 20.6. The fraction of sp³-hybridized carbons (Fsp3) is 0.304. The lowest BCUT2D eigenvalue weighted by atomic mass is 9.94. The molecule has 0 saturated carbocycles. The molecule has 0 bridgehead atoms. The van der Waals surface area contributed by atoms with Crippen LogP contribution in [0.15, 0.2) is 54.1 Å². The molecule has 1 aliphatic rings. The maximum atomic E-state index is 12.9. The molecule has 1 heterocycles. The predicted molar refractivity (Wildman–Crippen MR) is 110 cm³/mol. The summed E-state index contributed by atoms with van der Waals surface area (Å²) in [5.41, 5.74) is 2.13. The number of ether oxygens (including phenoxy) is 2. The number of carbonyl (C=O) groups is 2. The lowest BCUT2D eigenvalue weighted by Gasteiger charge is -2.25. The molecular formula is C23H25NO5. The number of aliphatic hydroxyl groups excluding tert-OH is 1. The molecule has 1 atom stereocenters. The summed E-state index contributed by atoms with van der Waals surface area (Å²) < 4.78 is 10.3. The molecule has 0 unspecified atom stereocenters. The number of carbonyl (C=O) groups excluding carboxylic acids is 2. The van der Waals surface area contributed by atoms with Crippen molar-refractivity contribution in [3.63, 3.8) is 0 Å². The summed E-state index contributed by atoms with van der Waals surface area (Å²) in [4.78, 5) is 27.2. The largest absolute Gasteiger partial charge is 0.507 e. The number of amides is 1. The summed E-state index contributed by atoms with van der Waals surface area (Å²) in [5.74, 6) is -0.808. The monoisotopic (exact) mass is 395 g/mol. The zero-order valence-corrected chi connectivity index (χ0v) is 16.8. The fourth-order valence-electron chi connectivity index (χ4n) is 3.65. The topological polar surface area (TPSA) is 76.1 Å². The highest BCUT2D eigenvalue weighted by atomic mass is 16.5. The van der Waals surface area contributed by atoms with E-state index < -0.39 is 17.7 Å². The van der Waals surface area contributed by atoms with Gasteiger partial charge in [0.2, 0.25) is 0 Å². The summed E-state index contributed by atoms with van der Waals surface area (Å²) in [6.45, 7) is 2.65. The highest BCUT2D eigenvalue weighted by Crippen LogP contribution is 2.40. The SMILES string of the molecule is COCCCN1C(=O)C(=O)/C(=C(/O)c2ccc(OC)cc2C)[C@H]1c1ccccc1. The van der Waals surface area contributed by atoms with E-state index in [0.29, 0.717) is 30.9 Å². The standard InChI is InChI=1S/C23H25NO5/c1-15-14-17(29-3)10-11-18(15)21(25)19-20(16-8-5-4-6-9-16)24(12-7-13-28-2)23(27)22(19)26/h4-6,8-11,14,20,25H,7,12-13H2,1-3H3/b21-19+/t20-/m1/s1. The molecule has 1 saturated heterocycles. The zero-order valence-electron chi connectivity index (χ0n) is 16.8. The Bertz CT molecular complexity index is 936. The molecule has 1 amide bonds. The maximum absolute atomic E-state index is 12.9. The Morgan fingerprint density at radius 3 is 2.45 bits per heavy atom. The number of hydrogen-bond acceptors (Lipinski definition) is 5. The van der Waals surface area contributed by atoms with Crippen LogP contribution in [0.5, 0.6) is 5.75 Å². The van der Waals surface area contributed by atoms with Gasteiger partial charge in [0.25, 0.3) is 11.7 Å². The maximum Gasteiger partial charge on any atom is 0.295 e. The molecule has 2 aromatic rings. The van der Waals surface area contributed by atoms with Crippen LogP contribution < -0.4 is 4.74 Å². The van der Waals surface area contributed by atoms with Crippen molar-refractivity contribution >= 4 is 17.4 Å². The Morgan fingerprint density at radius 1 is 1.10 bits per heavy atom. The normalized spacial score (nSPS) is 18.3. The van der Waals surface area contributed by atoms with Crippen LogP contribution in [0.2, 0.25) is 0 Å². The van der Waals surface area contributed by atoms with Gasteiger partial charge in [-0.2, -0.15) is 0 Å². The van der Waals surface area contributed by atoms with Gasteiger partial charge in [0.15, 0.2) is 0 Å². The van der Waals surface area contributed by atoms with E-state index in [4.69, 9.17) is 9.47 Å². The van der Waals surface area contributed by atoms with Gasteiger partial charge >= 0.3 is 0 Å². The minimum atomic E-state index is -0.677. The number of nitrogens with zero attached hydrogens (tertiary/aromatic N) is 1. The second kappa shape index (κ2) is 8.92. The van der Waals surface area contributed by atoms with E-state index in [-0.39, 0.29) is 11.3 Å². The molecule has 0 aliphatic carbocycles. The van der Waals surface area contributed by atoms with Crippen molar-refractivity contribution in [3.05, 3.63) is 70.8 Å². The summed E-state index contributed by atoms with van der Waals surface area (Å²) in [6, 6.07) is 13.8. The van der Waals surface area contributed by atoms with Crippen LogP contribution in [0.4, 0.5) is 0 Å². The molecule has 6 nitrogen and oxygen atoms in total. The second-order valence-electron chi connectivity index (χ2n) is 6.93. The van der Waals surface area contributed by atoms with Gasteiger partial charge in [-0.1, -0.05) is 30.3 Å². The number of Topliss-reactive ketones (excluding diaryl/α,β-unsaturated/α-hetero) is 1. The number of rotatable bonds is 7. The number of hydrogen-bond donors (Lipinski definition) is 1. The first-order valence-electron chi connectivity index (χ1n) is 9.47. The van der Waals surface area contributed by atoms with Gasteiger partial charge < -0.3 is 19.5 Å². The van der Waals surface area contributed by atoms with Crippen molar-refractivity contribution in [2.75, 3.05) is 27.4 Å². The number of aryl methyl sites for hydroxylation is 1. The van der Waals surface area contributed by atoms with Crippen molar-refractivity contribution in [2.24, 2.45) is 0 Å². The van der Waals surface area contributed by atoms with E-state index in [0.717, 1.165) is 11.1 Å². The molecule has 1 N–H and O–H groups in total. The summed E-state index contributed by atoms with van der Waals surface area (Å²) in [7, 11) is 3.16. The van der Waals surface area contributed by atoms with Crippen LogP contribution in [0, 0.1) is 6.92 Å². The van der Waals surface area contributed by atoms with Crippen LogP contribution in [0.1, 0.15) is 29.2 Å². The number of ketones is 1. The number of aliphatic hydroxyl groups is 1. The van der Waals surface area contributed by atoms with Crippen molar-refractivity contribution in [2.45, 2.75) is 19.4 Å². The third-order valence-corrected chi connectivity index (χ3v) is 5.09. The highest BCUT2D eigenvalue weighted by Gasteiger charge is 2.45. The van der Waals surface area contributed by atoms with E-state index in [1.165, 1.54) is 4.90 Å². The van der Waals surface area contributed by atoms with Gasteiger partial charge in [0.1, 0.15) is 11.5 Å². The van der Waals surface area contributed by atoms with E-state index in [2.05, 4.69) is 0 Å². The van der Waals surface area contributed by atoms with Gasteiger partial charge in [-0.25, -0.2) is 0 Å². The summed E-state index contributed by atoms with van der Waals surface area (Å²) in [5, 5.41) is 11.1. The minimum absolute atomic E-state index is 0.104. The van der Waals surface area contributed by atoms with Gasteiger partial charge in [0, 0.05) is 25.8 Å². The first-order chi connectivity index (χ1) is 14.0. The van der Waals surface area contributed by atoms with Crippen LogP contribution in [0.3, 0.4) is 0 Å². The van der Waals surface area contributed by atoms with Crippen molar-refractivity contribution in [1.82, 2.24) is 4.90 Å². The average Bonchev–Trinajstić information content (AvgIpc) is 2.99. The smallest absolute Gasteiger partial charge is 0.295 e. The first-order valence-corrected chi connectivity index (χ1v) is 9.47. The molecule has 1 aliphatic heterocycles. The van der Waals surface area contributed by atoms with Crippen LogP contribution in [0.25, 0.3) is 5.76 Å². The van der Waals surface area contributed by atoms with Gasteiger partial charge in [-0.05, 0) is 42.7 Å². The number of methoxy groups -OCH3 is 2. The highest BCUT2D eigenvalue weighted by molar-refractivity contribution is 6.46. The van der Waals surface area contributed by atoms with Crippen LogP contribution >= 0.6 is 0 Å². The molecule has 1 fully saturated rings. The second-order valence-corrected chi connectivity index (χ2v) is 6.93. The lowest BCUT2D eigenvalue weighted by Crippen LogP contribution is -2.31. The number of likely N-dealkylation sites (tertiary alicyclic amines) is 1. The van der Waals surface area contributed by atoms with Crippen LogP contribution in [-0.2, 0) is 14.3 Å². The van der Waals surface area contributed by atoms with E-state index in [1.807, 2.05) is 37.3 Å². The van der Waals surface area contributed by atoms with Crippen molar-refractivity contribution in [3.8, 4) is 5.75 Å². The van der Waals surface area contributed by atoms with E-state index in [9.17, 15) is 14.7 Å². The molecule has 3 rings (SSSR count). The van der Waals surface area contributed by atoms with Gasteiger partial charge in [-0.3, -0.25) is 9.59 Å². The zero-order chi connectivity index (χ0) is 21.0. The quantitative estimate of drug-likeness (QED) is 0.336. The Balaban J connectivity index is 2.12. The third-order valence-electron chi connectivity index (χ3n) is 5.09. The molecule has 6 heteroatoms. The molecule has 29 heavy (non-hydrogen) atoms. The minimum Gasteiger partial charge on any atom is -0.507 e. The molecule has 2 aromatic carbocycles. The average molecular weight is 395 g/mol. The Labute approximate surface area is 170 Å². The third kappa shape index (κ3) is 4.03. The van der Waals surface area contributed by atoms with Crippen molar-refractivity contribution < 1.29 is 24.2 Å². The van der Waals surface area contributed by atoms with Gasteiger partial charge in [0.05, 0.1) is 18.7 Å². The lowest BCUT2D eigenvalue weighted by molar-refractivity contribution is -0.140. The molecular weight excluding hydrogens is 370 g/mol. The predicted octanol–water partition coefficient (Wildman–Crippen LogP) is 3.46. The summed E-state index contributed by atoms with van der Waals surface area (Å²) >= 11 is 0. The fourth-order valence-corrected chi connectivity index (χ4v) is 3.65. The van der Waals surface area contributed by atoms with Crippen molar-refractivity contribution in [1.29, 1.82) is 0 Å². The van der Waals surface area contributed by atoms with Crippen LogP contribution in [-0.4, -0.2) is 49.1 Å². The van der Waals surface area contributed by atoms with E-state index >= 15 is 0 Å². The van der Waals surface area contributed by atoms with Gasteiger partial charge in [-0.15, -0.1) is 0 Å². The van der Waals surface area contributed by atoms with E-state index in [1.54, 1.807) is 32.4 Å². The molecule has 0 aromatic heterocycles. The number of benzene rings is 2.